The summed E-state index contributed by atoms with van der Waals surface area (Å²) in [6.45, 7) is 8.53. The lowest BCUT2D eigenvalue weighted by molar-refractivity contribution is -0.137. The summed E-state index contributed by atoms with van der Waals surface area (Å²) in [4.78, 5) is 18.3. The predicted octanol–water partition coefficient (Wildman–Crippen LogP) is 1.90. The fourth-order valence-corrected chi connectivity index (χ4v) is 4.29. The minimum absolute atomic E-state index is 0.174. The van der Waals surface area contributed by atoms with Crippen molar-refractivity contribution in [2.75, 3.05) is 39.3 Å². The molecule has 0 spiro atoms. The molecule has 1 N–H and O–H groups in total. The molecule has 116 valence electrons. The molecule has 2 atom stereocenters. The van der Waals surface area contributed by atoms with Crippen LogP contribution in [0.3, 0.4) is 0 Å². The topological polar surface area (TPSA) is 35.6 Å². The van der Waals surface area contributed by atoms with Crippen molar-refractivity contribution in [3.05, 3.63) is 21.3 Å². The fraction of sp³-hybridized carbons (Fsp3) is 0.667. The maximum Gasteiger partial charge on any atom is 0.227 e. The van der Waals surface area contributed by atoms with E-state index in [9.17, 15) is 4.79 Å². The summed E-state index contributed by atoms with van der Waals surface area (Å²) in [7, 11) is 0. The van der Waals surface area contributed by atoms with E-state index in [1.54, 1.807) is 11.3 Å². The highest BCUT2D eigenvalue weighted by molar-refractivity contribution is 7.16. The summed E-state index contributed by atoms with van der Waals surface area (Å²) < 4.78 is 0.849. The van der Waals surface area contributed by atoms with Gasteiger partial charge >= 0.3 is 0 Å². The number of hydrogen-bond donors (Lipinski definition) is 1. The first kappa shape index (κ1) is 15.3. The van der Waals surface area contributed by atoms with Crippen molar-refractivity contribution in [3.8, 4) is 0 Å². The van der Waals surface area contributed by atoms with Gasteiger partial charge in [-0.3, -0.25) is 9.69 Å². The molecule has 0 radical (unpaired) electrons. The van der Waals surface area contributed by atoms with Crippen LogP contribution in [-0.4, -0.2) is 55.0 Å². The number of nitrogens with zero attached hydrogens (tertiary/aromatic N) is 2. The Kier molecular flexibility index (Phi) is 4.84. The van der Waals surface area contributed by atoms with Gasteiger partial charge < -0.3 is 10.2 Å². The lowest BCUT2D eigenvalue weighted by Gasteiger charge is -2.36. The highest BCUT2D eigenvalue weighted by atomic mass is 35.5. The maximum absolute atomic E-state index is 12.5. The lowest BCUT2D eigenvalue weighted by atomic mass is 9.96. The molecular formula is C15H22ClN3OS. The van der Waals surface area contributed by atoms with Gasteiger partial charge in [0.1, 0.15) is 0 Å². The molecule has 2 aliphatic heterocycles. The standard InChI is InChI=1S/C15H22ClN3OS/c1-11-8-17-9-13(11)15(20)19-6-4-18(5-7-19)10-12-2-3-14(16)21-12/h2-3,11,13,17H,4-10H2,1H3/t11-,13-/m1/s1. The molecule has 3 heterocycles. The second-order valence-electron chi connectivity index (χ2n) is 6.05. The molecule has 2 fully saturated rings. The molecule has 6 heteroatoms. The second kappa shape index (κ2) is 6.65. The van der Waals surface area contributed by atoms with E-state index in [-0.39, 0.29) is 5.92 Å². The Morgan fingerprint density at radius 2 is 2.10 bits per heavy atom. The molecule has 4 nitrogen and oxygen atoms in total. The van der Waals surface area contributed by atoms with Crippen molar-refractivity contribution >= 4 is 28.8 Å². The molecule has 2 saturated heterocycles. The number of halogens is 1. The minimum Gasteiger partial charge on any atom is -0.340 e. The van der Waals surface area contributed by atoms with Gasteiger partial charge in [-0.15, -0.1) is 11.3 Å². The molecule has 1 aromatic heterocycles. The maximum atomic E-state index is 12.5. The smallest absolute Gasteiger partial charge is 0.227 e. The van der Waals surface area contributed by atoms with Crippen LogP contribution in [0.1, 0.15) is 11.8 Å². The first-order valence-electron chi connectivity index (χ1n) is 7.59. The molecule has 0 bridgehead atoms. The van der Waals surface area contributed by atoms with E-state index in [1.165, 1.54) is 4.88 Å². The van der Waals surface area contributed by atoms with Crippen molar-refractivity contribution < 1.29 is 4.79 Å². The van der Waals surface area contributed by atoms with Crippen LogP contribution in [0.15, 0.2) is 12.1 Å². The van der Waals surface area contributed by atoms with Gasteiger partial charge in [0, 0.05) is 44.1 Å². The Bertz CT molecular complexity index is 499. The first-order chi connectivity index (χ1) is 10.1. The van der Waals surface area contributed by atoms with Gasteiger partial charge in [0.15, 0.2) is 0 Å². The zero-order valence-electron chi connectivity index (χ0n) is 12.3. The van der Waals surface area contributed by atoms with E-state index in [4.69, 9.17) is 11.6 Å². The summed E-state index contributed by atoms with van der Waals surface area (Å²) in [5, 5.41) is 3.32. The SMILES string of the molecule is C[C@@H]1CNC[C@H]1C(=O)N1CCN(Cc2ccc(Cl)s2)CC1. The summed E-state index contributed by atoms with van der Waals surface area (Å²) >= 11 is 7.61. The van der Waals surface area contributed by atoms with Crippen LogP contribution < -0.4 is 5.32 Å². The summed E-state index contributed by atoms with van der Waals surface area (Å²) in [5.41, 5.74) is 0. The van der Waals surface area contributed by atoms with Crippen LogP contribution in [0.2, 0.25) is 4.34 Å². The molecule has 3 rings (SSSR count). The van der Waals surface area contributed by atoms with E-state index < -0.39 is 0 Å². The normalized spacial score (nSPS) is 27.2. The van der Waals surface area contributed by atoms with E-state index >= 15 is 0 Å². The lowest BCUT2D eigenvalue weighted by Crippen LogP contribution is -2.50. The highest BCUT2D eigenvalue weighted by Gasteiger charge is 2.33. The van der Waals surface area contributed by atoms with Crippen LogP contribution in [0, 0.1) is 11.8 Å². The molecule has 21 heavy (non-hydrogen) atoms. The van der Waals surface area contributed by atoms with Gasteiger partial charge in [-0.1, -0.05) is 18.5 Å². The Labute approximate surface area is 135 Å². The highest BCUT2D eigenvalue weighted by Crippen LogP contribution is 2.24. The van der Waals surface area contributed by atoms with Crippen molar-refractivity contribution in [1.29, 1.82) is 0 Å². The Balaban J connectivity index is 1.49. The number of hydrogen-bond acceptors (Lipinski definition) is 4. The number of carbonyl (C=O) groups excluding carboxylic acids is 1. The van der Waals surface area contributed by atoms with Crippen molar-refractivity contribution in [1.82, 2.24) is 15.1 Å². The van der Waals surface area contributed by atoms with Crippen LogP contribution in [0.4, 0.5) is 0 Å². The average Bonchev–Trinajstić information content (AvgIpc) is 3.08. The third-order valence-electron chi connectivity index (χ3n) is 4.53. The van der Waals surface area contributed by atoms with Crippen LogP contribution in [-0.2, 0) is 11.3 Å². The zero-order chi connectivity index (χ0) is 14.8. The summed E-state index contributed by atoms with van der Waals surface area (Å²) in [6, 6.07) is 4.05. The predicted molar refractivity (Wildman–Crippen MR) is 86.7 cm³/mol. The summed E-state index contributed by atoms with van der Waals surface area (Å²) in [6.07, 6.45) is 0. The molecule has 1 aromatic rings. The third kappa shape index (κ3) is 3.59. The van der Waals surface area contributed by atoms with Gasteiger partial charge in [0.05, 0.1) is 10.3 Å². The van der Waals surface area contributed by atoms with Gasteiger partial charge in [0.2, 0.25) is 5.91 Å². The number of piperazine rings is 1. The summed E-state index contributed by atoms with van der Waals surface area (Å²) in [5.74, 6) is 0.975. The molecule has 0 aliphatic carbocycles. The second-order valence-corrected chi connectivity index (χ2v) is 7.85. The van der Waals surface area contributed by atoms with E-state index in [2.05, 4.69) is 23.2 Å². The van der Waals surface area contributed by atoms with Crippen LogP contribution in [0.25, 0.3) is 0 Å². The van der Waals surface area contributed by atoms with Crippen LogP contribution >= 0.6 is 22.9 Å². The fourth-order valence-electron chi connectivity index (χ4n) is 3.16. The van der Waals surface area contributed by atoms with Crippen molar-refractivity contribution in [3.63, 3.8) is 0 Å². The molecule has 0 unspecified atom stereocenters. The number of amides is 1. The van der Waals surface area contributed by atoms with Gasteiger partial charge in [-0.25, -0.2) is 0 Å². The monoisotopic (exact) mass is 327 g/mol. The molecule has 1 amide bonds. The Morgan fingerprint density at radius 1 is 1.33 bits per heavy atom. The van der Waals surface area contributed by atoms with Gasteiger partial charge in [0.25, 0.3) is 0 Å². The number of thiophene rings is 1. The molecular weight excluding hydrogens is 306 g/mol. The van der Waals surface area contributed by atoms with E-state index in [1.807, 2.05) is 11.0 Å². The Hall–Kier alpha value is -0.620. The molecule has 2 aliphatic rings. The largest absolute Gasteiger partial charge is 0.340 e. The number of nitrogens with one attached hydrogen (secondary N) is 1. The minimum atomic E-state index is 0.174. The molecule has 0 saturated carbocycles. The van der Waals surface area contributed by atoms with Crippen molar-refractivity contribution in [2.24, 2.45) is 11.8 Å². The zero-order valence-corrected chi connectivity index (χ0v) is 13.9. The Morgan fingerprint density at radius 3 is 2.67 bits per heavy atom. The first-order valence-corrected chi connectivity index (χ1v) is 8.79. The van der Waals surface area contributed by atoms with E-state index in [0.29, 0.717) is 11.8 Å². The number of rotatable bonds is 3. The van der Waals surface area contributed by atoms with E-state index in [0.717, 1.165) is 50.1 Å². The molecule has 0 aromatic carbocycles. The van der Waals surface area contributed by atoms with Gasteiger partial charge in [-0.05, 0) is 24.6 Å². The van der Waals surface area contributed by atoms with Crippen molar-refractivity contribution in [2.45, 2.75) is 13.5 Å². The van der Waals surface area contributed by atoms with Crippen LogP contribution in [0.5, 0.6) is 0 Å². The quantitative estimate of drug-likeness (QED) is 0.921. The van der Waals surface area contributed by atoms with Gasteiger partial charge in [-0.2, -0.15) is 0 Å². The third-order valence-corrected chi connectivity index (χ3v) is 5.74. The number of carbonyl (C=O) groups is 1. The average molecular weight is 328 g/mol.